The highest BCUT2D eigenvalue weighted by molar-refractivity contribution is 7.99. The molecule has 0 saturated carbocycles. The number of hydrogen-bond acceptors (Lipinski definition) is 5. The maximum Gasteiger partial charge on any atom is 0.205 e. The third-order valence-electron chi connectivity index (χ3n) is 3.66. The number of aromatic nitrogens is 2. The van der Waals surface area contributed by atoms with E-state index < -0.39 is 5.82 Å². The van der Waals surface area contributed by atoms with Crippen LogP contribution in [0.15, 0.2) is 35.6 Å². The smallest absolute Gasteiger partial charge is 0.205 e. The largest absolute Gasteiger partial charge is 0.494 e. The second-order valence-corrected chi connectivity index (χ2v) is 6.65. The Morgan fingerprint density at radius 1 is 1.46 bits per heavy atom. The van der Waals surface area contributed by atoms with Crippen molar-refractivity contribution in [2.24, 2.45) is 0 Å². The Morgan fingerprint density at radius 2 is 2.25 bits per heavy atom. The Morgan fingerprint density at radius 3 is 2.96 bits per heavy atom. The first-order chi connectivity index (χ1) is 11.5. The van der Waals surface area contributed by atoms with Crippen LogP contribution in [-0.4, -0.2) is 47.2 Å². The highest BCUT2D eigenvalue weighted by Crippen LogP contribution is 2.35. The van der Waals surface area contributed by atoms with Crippen molar-refractivity contribution >= 4 is 17.5 Å². The van der Waals surface area contributed by atoms with Crippen LogP contribution in [0.1, 0.15) is 10.5 Å². The lowest BCUT2D eigenvalue weighted by Gasteiger charge is -2.08. The number of nitrogens with zero attached hydrogens (tertiary/aromatic N) is 3. The first-order valence-electron chi connectivity index (χ1n) is 7.47. The summed E-state index contributed by atoms with van der Waals surface area (Å²) in [5.41, 5.74) is 1.75. The minimum absolute atomic E-state index is 0.122. The second kappa shape index (κ2) is 6.68. The average molecular weight is 347 g/mol. The van der Waals surface area contributed by atoms with Gasteiger partial charge in [0.05, 0.1) is 7.11 Å². The van der Waals surface area contributed by atoms with Crippen LogP contribution in [0.2, 0.25) is 0 Å². The quantitative estimate of drug-likeness (QED) is 0.614. The number of carbonyl (C=O) groups is 1. The van der Waals surface area contributed by atoms with E-state index in [-0.39, 0.29) is 11.5 Å². The lowest BCUT2D eigenvalue weighted by atomic mass is 10.1. The Labute approximate surface area is 144 Å². The zero-order chi connectivity index (χ0) is 17.3. The second-order valence-electron chi connectivity index (χ2n) is 5.58. The van der Waals surface area contributed by atoms with E-state index in [1.807, 2.05) is 18.7 Å². The Hall–Kier alpha value is -2.28. The van der Waals surface area contributed by atoms with Crippen molar-refractivity contribution in [3.63, 3.8) is 0 Å². The molecular formula is C17H18FN3O2S. The van der Waals surface area contributed by atoms with Crippen LogP contribution < -0.4 is 4.74 Å². The third-order valence-corrected chi connectivity index (χ3v) is 4.62. The molecule has 0 radical (unpaired) electrons. The molecule has 0 unspecified atom stereocenters. The molecule has 1 aromatic heterocycles. The SMILES string of the molecule is COc1cc(-c2nc3n(c2C(=O)C=CN(C)C)CCS3)ccc1F. The number of hydrogen-bond donors (Lipinski definition) is 0. The lowest BCUT2D eigenvalue weighted by Crippen LogP contribution is -2.09. The highest BCUT2D eigenvalue weighted by atomic mass is 32.2. The number of allylic oxidation sites excluding steroid dienone is 1. The zero-order valence-corrected chi connectivity index (χ0v) is 14.6. The van der Waals surface area contributed by atoms with Gasteiger partial charge in [0, 0.05) is 44.2 Å². The fourth-order valence-corrected chi connectivity index (χ4v) is 3.48. The molecule has 3 rings (SSSR count). The summed E-state index contributed by atoms with van der Waals surface area (Å²) in [6, 6.07) is 4.52. The van der Waals surface area contributed by atoms with Crippen molar-refractivity contribution in [2.75, 3.05) is 27.0 Å². The molecule has 0 N–H and O–H groups in total. The molecule has 5 nitrogen and oxygen atoms in total. The van der Waals surface area contributed by atoms with Gasteiger partial charge in [-0.25, -0.2) is 9.37 Å². The molecule has 0 atom stereocenters. The van der Waals surface area contributed by atoms with E-state index in [1.54, 1.807) is 35.0 Å². The normalized spacial score (nSPS) is 13.3. The van der Waals surface area contributed by atoms with Crippen LogP contribution in [0.5, 0.6) is 5.75 Å². The summed E-state index contributed by atoms with van der Waals surface area (Å²) in [6.07, 6.45) is 3.23. The first-order valence-corrected chi connectivity index (χ1v) is 8.46. The highest BCUT2D eigenvalue weighted by Gasteiger charge is 2.26. The molecule has 0 amide bonds. The summed E-state index contributed by atoms with van der Waals surface area (Å²) in [7, 11) is 5.12. The van der Waals surface area contributed by atoms with E-state index in [2.05, 4.69) is 4.98 Å². The van der Waals surface area contributed by atoms with Crippen molar-refractivity contribution in [1.29, 1.82) is 0 Å². The van der Waals surface area contributed by atoms with Crippen LogP contribution in [0.4, 0.5) is 4.39 Å². The van der Waals surface area contributed by atoms with E-state index in [4.69, 9.17) is 4.74 Å². The summed E-state index contributed by atoms with van der Waals surface area (Å²) >= 11 is 1.61. The molecule has 126 valence electrons. The molecule has 0 spiro atoms. The number of methoxy groups -OCH3 is 1. The van der Waals surface area contributed by atoms with Gasteiger partial charge in [0.2, 0.25) is 5.78 Å². The number of halogens is 1. The molecule has 1 aliphatic heterocycles. The summed E-state index contributed by atoms with van der Waals surface area (Å²) in [5.74, 6) is 0.467. The zero-order valence-electron chi connectivity index (χ0n) is 13.7. The van der Waals surface area contributed by atoms with Gasteiger partial charge in [-0.3, -0.25) is 4.79 Å². The minimum Gasteiger partial charge on any atom is -0.494 e. The summed E-state index contributed by atoms with van der Waals surface area (Å²) < 4.78 is 20.7. The fraction of sp³-hybridized carbons (Fsp3) is 0.294. The van der Waals surface area contributed by atoms with Crippen molar-refractivity contribution in [3.05, 3.63) is 42.0 Å². The predicted octanol–water partition coefficient (Wildman–Crippen LogP) is 3.06. The Balaban J connectivity index is 2.10. The molecule has 0 fully saturated rings. The van der Waals surface area contributed by atoms with Crippen LogP contribution in [-0.2, 0) is 6.54 Å². The number of fused-ring (bicyclic) bond motifs is 1. The molecule has 0 aliphatic carbocycles. The van der Waals surface area contributed by atoms with E-state index in [0.717, 1.165) is 17.5 Å². The van der Waals surface area contributed by atoms with Gasteiger partial charge in [0.15, 0.2) is 16.7 Å². The lowest BCUT2D eigenvalue weighted by molar-refractivity contribution is 0.103. The van der Waals surface area contributed by atoms with Gasteiger partial charge in [-0.15, -0.1) is 0 Å². The van der Waals surface area contributed by atoms with Crippen molar-refractivity contribution in [1.82, 2.24) is 14.5 Å². The molecule has 7 heteroatoms. The average Bonchev–Trinajstić information content (AvgIpc) is 3.13. The Bertz CT molecular complexity index is 814. The van der Waals surface area contributed by atoms with Crippen LogP contribution in [0.25, 0.3) is 11.3 Å². The summed E-state index contributed by atoms with van der Waals surface area (Å²) in [4.78, 5) is 19.1. The summed E-state index contributed by atoms with van der Waals surface area (Å²) in [5, 5.41) is 0.815. The van der Waals surface area contributed by atoms with E-state index in [0.29, 0.717) is 17.0 Å². The fourth-order valence-electron chi connectivity index (χ4n) is 2.53. The standard InChI is InChI=1S/C17H18FN3O2S/c1-20(2)7-6-13(22)16-15(19-17-21(16)8-9-24-17)11-4-5-12(18)14(10-11)23-3/h4-7,10H,8-9H2,1-3H3. The number of imidazole rings is 1. The number of thioether (sulfide) groups is 1. The molecule has 2 aromatic rings. The number of ketones is 1. The van der Waals surface area contributed by atoms with Gasteiger partial charge in [0.1, 0.15) is 11.4 Å². The van der Waals surface area contributed by atoms with Crippen molar-refractivity contribution < 1.29 is 13.9 Å². The van der Waals surface area contributed by atoms with Crippen LogP contribution >= 0.6 is 11.8 Å². The molecular weight excluding hydrogens is 329 g/mol. The van der Waals surface area contributed by atoms with Crippen molar-refractivity contribution in [2.45, 2.75) is 11.7 Å². The Kier molecular flexibility index (Phi) is 4.62. The van der Waals surface area contributed by atoms with Gasteiger partial charge >= 0.3 is 0 Å². The predicted molar refractivity (Wildman–Crippen MR) is 92.1 cm³/mol. The summed E-state index contributed by atoms with van der Waals surface area (Å²) in [6.45, 7) is 0.738. The van der Waals surface area contributed by atoms with Crippen molar-refractivity contribution in [3.8, 4) is 17.0 Å². The third kappa shape index (κ3) is 3.03. The van der Waals surface area contributed by atoms with Gasteiger partial charge < -0.3 is 14.2 Å². The van der Waals surface area contributed by atoms with Gasteiger partial charge in [0.25, 0.3) is 0 Å². The molecule has 2 heterocycles. The molecule has 1 aromatic carbocycles. The van der Waals surface area contributed by atoms with Gasteiger partial charge in [-0.1, -0.05) is 11.8 Å². The number of benzene rings is 1. The van der Waals surface area contributed by atoms with Gasteiger partial charge in [-0.05, 0) is 18.2 Å². The van der Waals surface area contributed by atoms with E-state index in [1.165, 1.54) is 19.3 Å². The molecule has 1 aliphatic rings. The maximum absolute atomic E-state index is 13.7. The minimum atomic E-state index is -0.442. The van der Waals surface area contributed by atoms with E-state index >= 15 is 0 Å². The number of rotatable bonds is 5. The maximum atomic E-state index is 13.7. The van der Waals surface area contributed by atoms with Gasteiger partial charge in [-0.2, -0.15) is 0 Å². The topological polar surface area (TPSA) is 47.4 Å². The van der Waals surface area contributed by atoms with E-state index in [9.17, 15) is 9.18 Å². The monoisotopic (exact) mass is 347 g/mol. The number of ether oxygens (including phenoxy) is 1. The first kappa shape index (κ1) is 16.6. The van der Waals surface area contributed by atoms with Crippen LogP contribution in [0, 0.1) is 5.82 Å². The molecule has 0 bridgehead atoms. The molecule has 24 heavy (non-hydrogen) atoms. The van der Waals surface area contributed by atoms with Crippen LogP contribution in [0.3, 0.4) is 0 Å². The number of carbonyl (C=O) groups excluding carboxylic acids is 1. The molecule has 0 saturated heterocycles.